The highest BCUT2D eigenvalue weighted by Gasteiger charge is 2.29. The van der Waals surface area contributed by atoms with Gasteiger partial charge in [0.25, 0.3) is 0 Å². The number of hydrogen-bond acceptors (Lipinski definition) is 7. The topological polar surface area (TPSA) is 128 Å². The molecular formula is C13H13N3O7. The third-order valence-corrected chi connectivity index (χ3v) is 3.15. The molecule has 0 atom stereocenters. The summed E-state index contributed by atoms with van der Waals surface area (Å²) in [7, 11) is 1.21. The number of carbonyl (C=O) groups excluding carboxylic acids is 3. The van der Waals surface area contributed by atoms with Gasteiger partial charge in [-0.05, 0) is 12.1 Å². The first-order chi connectivity index (χ1) is 11.0. The van der Waals surface area contributed by atoms with Gasteiger partial charge in [-0.3, -0.25) is 24.6 Å². The highest BCUT2D eigenvalue weighted by Crippen LogP contribution is 2.38. The molecule has 0 aliphatic carbocycles. The van der Waals surface area contributed by atoms with Crippen molar-refractivity contribution in [1.29, 1.82) is 0 Å². The van der Waals surface area contributed by atoms with Gasteiger partial charge in [0, 0.05) is 0 Å². The van der Waals surface area contributed by atoms with E-state index in [0.29, 0.717) is 6.29 Å². The summed E-state index contributed by atoms with van der Waals surface area (Å²) in [4.78, 5) is 45.0. The molecule has 1 fully saturated rings. The van der Waals surface area contributed by atoms with Gasteiger partial charge in [-0.15, -0.1) is 0 Å². The molecule has 1 N–H and O–H groups in total. The third-order valence-electron chi connectivity index (χ3n) is 3.15. The first kappa shape index (κ1) is 16.2. The Kier molecular flexibility index (Phi) is 4.74. The number of methoxy groups -OCH3 is 1. The van der Waals surface area contributed by atoms with Gasteiger partial charge in [-0.1, -0.05) is 0 Å². The molecule has 0 bridgehead atoms. The molecule has 3 amide bonds. The van der Waals surface area contributed by atoms with Crippen LogP contribution in [0.5, 0.6) is 11.5 Å². The average Bonchev–Trinajstić information content (AvgIpc) is 2.85. The smallest absolute Gasteiger partial charge is 0.325 e. The molecule has 0 saturated carbocycles. The van der Waals surface area contributed by atoms with Crippen molar-refractivity contribution in [3.8, 4) is 11.5 Å². The average molecular weight is 323 g/mol. The molecule has 10 heteroatoms. The van der Waals surface area contributed by atoms with Crippen LogP contribution < -0.4 is 14.8 Å². The van der Waals surface area contributed by atoms with Crippen molar-refractivity contribution in [2.75, 3.05) is 26.8 Å². The largest absolute Gasteiger partial charge is 0.488 e. The minimum absolute atomic E-state index is 0.0168. The maximum Gasteiger partial charge on any atom is 0.325 e. The van der Waals surface area contributed by atoms with E-state index in [1.165, 1.54) is 19.2 Å². The Morgan fingerprint density at radius 2 is 2.17 bits per heavy atom. The Morgan fingerprint density at radius 1 is 1.43 bits per heavy atom. The molecule has 2 rings (SSSR count). The summed E-state index contributed by atoms with van der Waals surface area (Å²) in [5, 5.41) is 13.4. The van der Waals surface area contributed by atoms with Crippen LogP contribution in [-0.2, 0) is 4.79 Å². The zero-order chi connectivity index (χ0) is 17.0. The molecule has 1 aliphatic rings. The predicted octanol–water partition coefficient (Wildman–Crippen LogP) is 0.347. The second-order valence-corrected chi connectivity index (χ2v) is 4.46. The van der Waals surface area contributed by atoms with E-state index in [9.17, 15) is 24.5 Å². The van der Waals surface area contributed by atoms with Gasteiger partial charge < -0.3 is 14.8 Å². The van der Waals surface area contributed by atoms with Crippen molar-refractivity contribution >= 4 is 23.9 Å². The zero-order valence-electron chi connectivity index (χ0n) is 12.1. The maximum absolute atomic E-state index is 11.4. The molecule has 1 aliphatic heterocycles. The van der Waals surface area contributed by atoms with Crippen molar-refractivity contribution in [3.63, 3.8) is 0 Å². The van der Waals surface area contributed by atoms with Gasteiger partial charge in [0.2, 0.25) is 11.7 Å². The summed E-state index contributed by atoms with van der Waals surface area (Å²) < 4.78 is 10.3. The van der Waals surface area contributed by atoms with Gasteiger partial charge in [0.05, 0.1) is 30.7 Å². The van der Waals surface area contributed by atoms with Gasteiger partial charge in [-0.2, -0.15) is 0 Å². The first-order valence-electron chi connectivity index (χ1n) is 6.51. The Balaban J connectivity index is 2.15. The van der Waals surface area contributed by atoms with Crippen LogP contribution in [0.3, 0.4) is 0 Å². The summed E-state index contributed by atoms with van der Waals surface area (Å²) >= 11 is 0. The van der Waals surface area contributed by atoms with E-state index < -0.39 is 16.6 Å². The Bertz CT molecular complexity index is 658. The van der Waals surface area contributed by atoms with Gasteiger partial charge in [-0.25, -0.2) is 4.79 Å². The standard InChI is InChI=1S/C13H13N3O7/c1-22-12-9(3-2-8(7-17)11(12)16(20)21)23-5-4-15-10(18)6-14-13(15)19/h2-3,7H,4-6H2,1H3,(H,14,19). The van der Waals surface area contributed by atoms with Crippen LogP contribution in [-0.4, -0.2) is 54.9 Å². The molecule has 10 nitrogen and oxygen atoms in total. The second-order valence-electron chi connectivity index (χ2n) is 4.46. The van der Waals surface area contributed by atoms with Crippen LogP contribution in [0.1, 0.15) is 10.4 Å². The molecule has 122 valence electrons. The lowest BCUT2D eigenvalue weighted by atomic mass is 10.1. The summed E-state index contributed by atoms with van der Waals surface area (Å²) in [6, 6.07) is 2.06. The molecule has 1 aromatic rings. The minimum atomic E-state index is -0.743. The lowest BCUT2D eigenvalue weighted by Gasteiger charge is -2.15. The van der Waals surface area contributed by atoms with Gasteiger partial charge in [0.15, 0.2) is 12.0 Å². The number of rotatable bonds is 7. The number of nitrogens with one attached hydrogen (secondary N) is 1. The zero-order valence-corrected chi connectivity index (χ0v) is 12.1. The lowest BCUT2D eigenvalue weighted by molar-refractivity contribution is -0.386. The predicted molar refractivity (Wildman–Crippen MR) is 75.6 cm³/mol. The van der Waals surface area contributed by atoms with Gasteiger partial charge in [0.1, 0.15) is 6.61 Å². The molecule has 1 heterocycles. The van der Waals surface area contributed by atoms with Crippen LogP contribution in [0.2, 0.25) is 0 Å². The monoisotopic (exact) mass is 323 g/mol. The number of amides is 3. The van der Waals surface area contributed by atoms with E-state index in [0.717, 1.165) is 4.90 Å². The summed E-state index contributed by atoms with van der Waals surface area (Å²) in [5.41, 5.74) is -0.650. The number of urea groups is 1. The van der Waals surface area contributed by atoms with Gasteiger partial charge >= 0.3 is 11.7 Å². The quantitative estimate of drug-likeness (QED) is 0.332. The fourth-order valence-corrected chi connectivity index (χ4v) is 2.09. The summed E-state index contributed by atoms with van der Waals surface area (Å²) in [6.45, 7) is -0.161. The number of nitrogens with zero attached hydrogens (tertiary/aromatic N) is 2. The Morgan fingerprint density at radius 3 is 2.70 bits per heavy atom. The number of hydrogen-bond donors (Lipinski definition) is 1. The molecular weight excluding hydrogens is 310 g/mol. The third kappa shape index (κ3) is 3.20. The number of aldehydes is 1. The van der Waals surface area contributed by atoms with Crippen molar-refractivity contribution in [2.24, 2.45) is 0 Å². The highest BCUT2D eigenvalue weighted by atomic mass is 16.6. The van der Waals surface area contributed by atoms with Crippen LogP contribution >= 0.6 is 0 Å². The van der Waals surface area contributed by atoms with E-state index in [1.807, 2.05) is 0 Å². The Hall–Kier alpha value is -3.17. The number of ether oxygens (including phenoxy) is 2. The molecule has 23 heavy (non-hydrogen) atoms. The molecule has 0 unspecified atom stereocenters. The van der Waals surface area contributed by atoms with Crippen molar-refractivity contribution in [2.45, 2.75) is 0 Å². The van der Waals surface area contributed by atoms with Crippen LogP contribution in [0.15, 0.2) is 12.1 Å². The summed E-state index contributed by atoms with van der Waals surface area (Å²) in [6.07, 6.45) is 0.345. The number of benzene rings is 1. The SMILES string of the molecule is COc1c(OCCN2C(=O)CNC2=O)ccc(C=O)c1[N+](=O)[O-]. The lowest BCUT2D eigenvalue weighted by Crippen LogP contribution is -2.34. The van der Waals surface area contributed by atoms with Crippen molar-refractivity contribution in [1.82, 2.24) is 10.2 Å². The van der Waals surface area contributed by atoms with E-state index in [-0.39, 0.29) is 42.7 Å². The van der Waals surface area contributed by atoms with Crippen LogP contribution in [0.4, 0.5) is 10.5 Å². The summed E-state index contributed by atoms with van der Waals surface area (Å²) in [5.74, 6) is -0.540. The van der Waals surface area contributed by atoms with Crippen molar-refractivity contribution < 1.29 is 28.8 Å². The van der Waals surface area contributed by atoms with Crippen LogP contribution in [0, 0.1) is 10.1 Å². The van der Waals surface area contributed by atoms with E-state index >= 15 is 0 Å². The second kappa shape index (κ2) is 6.73. The number of nitro benzene ring substituents is 1. The number of carbonyl (C=O) groups is 3. The van der Waals surface area contributed by atoms with E-state index in [4.69, 9.17) is 9.47 Å². The van der Waals surface area contributed by atoms with Crippen molar-refractivity contribution in [3.05, 3.63) is 27.8 Å². The number of imide groups is 1. The van der Waals surface area contributed by atoms with E-state index in [1.54, 1.807) is 0 Å². The van der Waals surface area contributed by atoms with E-state index in [2.05, 4.69) is 5.32 Å². The fourth-order valence-electron chi connectivity index (χ4n) is 2.09. The normalized spacial score (nSPS) is 13.7. The molecule has 0 spiro atoms. The first-order valence-corrected chi connectivity index (χ1v) is 6.51. The molecule has 1 saturated heterocycles. The molecule has 0 radical (unpaired) electrons. The molecule has 1 aromatic carbocycles. The van der Waals surface area contributed by atoms with Crippen LogP contribution in [0.25, 0.3) is 0 Å². The number of nitro groups is 1. The molecule has 0 aromatic heterocycles. The maximum atomic E-state index is 11.4. The Labute approximate surface area is 130 Å². The minimum Gasteiger partial charge on any atom is -0.488 e. The highest BCUT2D eigenvalue weighted by molar-refractivity contribution is 6.01. The fraction of sp³-hybridized carbons (Fsp3) is 0.308.